The Labute approximate surface area is 273 Å². The Morgan fingerprint density at radius 1 is 0.745 bits per heavy atom. The molecule has 5 amide bonds. The summed E-state index contributed by atoms with van der Waals surface area (Å²) < 4.78 is 4.61. The Morgan fingerprint density at radius 3 is 2.11 bits per heavy atom. The second kappa shape index (κ2) is 18.2. The molecule has 0 saturated heterocycles. The highest BCUT2D eigenvalue weighted by Crippen LogP contribution is 2.14. The molecule has 3 heterocycles. The van der Waals surface area contributed by atoms with Crippen molar-refractivity contribution in [3.63, 3.8) is 0 Å². The first kappa shape index (κ1) is 36.4. The largest absolute Gasteiger partial charge is 0.356 e. The molecule has 47 heavy (non-hydrogen) atoms. The van der Waals surface area contributed by atoms with Gasteiger partial charge in [-0.15, -0.1) is 0 Å². The maximum Gasteiger partial charge on any atom is 0.291 e. The van der Waals surface area contributed by atoms with Gasteiger partial charge in [0.15, 0.2) is 11.6 Å². The summed E-state index contributed by atoms with van der Waals surface area (Å²) in [5.74, 6) is -1.39. The fourth-order valence-electron chi connectivity index (χ4n) is 4.62. The molecule has 0 bridgehead atoms. The number of anilines is 2. The van der Waals surface area contributed by atoms with Crippen LogP contribution in [0, 0.1) is 0 Å². The number of nitrogens with one attached hydrogen (secondary N) is 6. The Morgan fingerprint density at radius 2 is 1.43 bits per heavy atom. The average molecular weight is 655 g/mol. The van der Waals surface area contributed by atoms with Crippen LogP contribution in [0.5, 0.6) is 0 Å². The van der Waals surface area contributed by atoms with Gasteiger partial charge in [0.2, 0.25) is 17.6 Å². The zero-order valence-electron chi connectivity index (χ0n) is 27.7. The summed E-state index contributed by atoms with van der Waals surface area (Å²) >= 11 is 0. The molecule has 6 N–H and O–H groups in total. The molecule has 3 aromatic heterocycles. The Bertz CT molecular complexity index is 1520. The summed E-state index contributed by atoms with van der Waals surface area (Å²) in [5.41, 5.74) is 0.713. The molecule has 0 radical (unpaired) electrons. The molecular weight excluding hydrogens is 608 g/mol. The number of hydrogen-bond acceptors (Lipinski definition) is 9. The van der Waals surface area contributed by atoms with Crippen molar-refractivity contribution in [2.24, 2.45) is 21.1 Å². The van der Waals surface area contributed by atoms with Gasteiger partial charge in [0.05, 0.1) is 5.69 Å². The van der Waals surface area contributed by atoms with Crippen LogP contribution in [0.25, 0.3) is 0 Å². The Hall–Kier alpha value is -5.03. The SMILES string of the molecule is CNCCCN(C)CCCNC(=O)CCNC(=O)c1nc(NC(=O)CCNC(=O)c2cc(NC(=O)c3nccn3C)cn2C)cn1C. The van der Waals surface area contributed by atoms with Crippen molar-refractivity contribution >= 4 is 41.0 Å². The molecule has 0 aliphatic carbocycles. The van der Waals surface area contributed by atoms with Crippen LogP contribution in [-0.2, 0) is 30.7 Å². The van der Waals surface area contributed by atoms with Gasteiger partial charge in [-0.1, -0.05) is 0 Å². The van der Waals surface area contributed by atoms with Crippen molar-refractivity contribution in [2.75, 3.05) is 64.0 Å². The molecule has 0 atom stereocenters. The number of aryl methyl sites for hydroxylation is 3. The van der Waals surface area contributed by atoms with E-state index in [0.717, 1.165) is 32.5 Å². The van der Waals surface area contributed by atoms with Gasteiger partial charge in [0, 0.05) is 78.4 Å². The van der Waals surface area contributed by atoms with E-state index in [2.05, 4.69) is 53.8 Å². The smallest absolute Gasteiger partial charge is 0.291 e. The summed E-state index contributed by atoms with van der Waals surface area (Å²) in [7, 11) is 8.97. The van der Waals surface area contributed by atoms with Crippen LogP contribution in [0.15, 0.2) is 30.9 Å². The summed E-state index contributed by atoms with van der Waals surface area (Å²) in [6.45, 7) is 3.60. The molecule has 0 unspecified atom stereocenters. The van der Waals surface area contributed by atoms with E-state index in [0.29, 0.717) is 12.2 Å². The van der Waals surface area contributed by atoms with E-state index in [1.165, 1.54) is 23.0 Å². The highest BCUT2D eigenvalue weighted by Gasteiger charge is 2.18. The lowest BCUT2D eigenvalue weighted by molar-refractivity contribution is -0.121. The summed E-state index contributed by atoms with van der Waals surface area (Å²) in [4.78, 5) is 72.7. The third kappa shape index (κ3) is 11.7. The molecule has 256 valence electrons. The molecule has 3 rings (SSSR count). The van der Waals surface area contributed by atoms with Crippen molar-refractivity contribution in [3.05, 3.63) is 48.2 Å². The lowest BCUT2D eigenvalue weighted by atomic mass is 10.3. The zero-order chi connectivity index (χ0) is 34.3. The van der Waals surface area contributed by atoms with Gasteiger partial charge >= 0.3 is 0 Å². The lowest BCUT2D eigenvalue weighted by Gasteiger charge is -2.16. The third-order valence-electron chi connectivity index (χ3n) is 7.15. The molecule has 0 saturated carbocycles. The third-order valence-corrected chi connectivity index (χ3v) is 7.15. The molecule has 0 spiro atoms. The molecule has 3 aromatic rings. The van der Waals surface area contributed by atoms with E-state index < -0.39 is 23.6 Å². The predicted octanol–water partition coefficient (Wildman–Crippen LogP) is -0.329. The number of hydrogen-bond donors (Lipinski definition) is 6. The van der Waals surface area contributed by atoms with Gasteiger partial charge in [-0.25, -0.2) is 9.97 Å². The van der Waals surface area contributed by atoms with Gasteiger partial charge in [-0.3, -0.25) is 24.0 Å². The van der Waals surface area contributed by atoms with Gasteiger partial charge in [-0.05, 0) is 52.6 Å². The highest BCUT2D eigenvalue weighted by molar-refractivity contribution is 6.03. The van der Waals surface area contributed by atoms with Gasteiger partial charge in [0.25, 0.3) is 17.7 Å². The molecule has 0 aromatic carbocycles. The van der Waals surface area contributed by atoms with E-state index in [-0.39, 0.29) is 55.0 Å². The van der Waals surface area contributed by atoms with E-state index in [9.17, 15) is 24.0 Å². The fraction of sp³-hybridized carbons (Fsp3) is 0.500. The van der Waals surface area contributed by atoms with E-state index in [1.54, 1.807) is 42.7 Å². The second-order valence-electron chi connectivity index (χ2n) is 11.1. The number of rotatable bonds is 19. The first-order valence-corrected chi connectivity index (χ1v) is 15.4. The van der Waals surface area contributed by atoms with Crippen LogP contribution < -0.4 is 31.9 Å². The van der Waals surface area contributed by atoms with Crippen molar-refractivity contribution in [3.8, 4) is 0 Å². The van der Waals surface area contributed by atoms with Crippen LogP contribution in [0.3, 0.4) is 0 Å². The van der Waals surface area contributed by atoms with Crippen LogP contribution >= 0.6 is 0 Å². The summed E-state index contributed by atoms with van der Waals surface area (Å²) in [6, 6.07) is 1.53. The topological polar surface area (TPSA) is 201 Å². The molecule has 0 aliphatic rings. The highest BCUT2D eigenvalue weighted by atomic mass is 16.2. The van der Waals surface area contributed by atoms with Crippen LogP contribution in [-0.4, -0.2) is 111 Å². The maximum absolute atomic E-state index is 12.7. The molecule has 0 fully saturated rings. The minimum absolute atomic E-state index is 0.0421. The Balaban J connectivity index is 1.34. The van der Waals surface area contributed by atoms with Crippen molar-refractivity contribution < 1.29 is 24.0 Å². The summed E-state index contributed by atoms with van der Waals surface area (Å²) in [5, 5.41) is 16.7. The minimum atomic E-state index is -0.477. The molecule has 17 nitrogen and oxygen atoms in total. The van der Waals surface area contributed by atoms with E-state index in [1.807, 2.05) is 7.05 Å². The first-order valence-electron chi connectivity index (χ1n) is 15.4. The van der Waals surface area contributed by atoms with Gasteiger partial charge in [-0.2, -0.15) is 0 Å². The first-order chi connectivity index (χ1) is 22.5. The number of amides is 5. The molecule has 17 heteroatoms. The fourth-order valence-corrected chi connectivity index (χ4v) is 4.62. The minimum Gasteiger partial charge on any atom is -0.356 e. The average Bonchev–Trinajstić information content (AvgIpc) is 3.72. The number of imidazole rings is 2. The van der Waals surface area contributed by atoms with Crippen molar-refractivity contribution in [1.29, 1.82) is 0 Å². The quantitative estimate of drug-likeness (QED) is 0.0937. The van der Waals surface area contributed by atoms with Crippen molar-refractivity contribution in [2.45, 2.75) is 25.7 Å². The number of nitrogens with zero attached hydrogens (tertiary/aromatic N) is 6. The second-order valence-corrected chi connectivity index (χ2v) is 11.1. The van der Waals surface area contributed by atoms with E-state index in [4.69, 9.17) is 0 Å². The van der Waals surface area contributed by atoms with Crippen LogP contribution in [0.1, 0.15) is 57.4 Å². The van der Waals surface area contributed by atoms with Gasteiger partial charge < -0.3 is 50.5 Å². The maximum atomic E-state index is 12.7. The monoisotopic (exact) mass is 654 g/mol. The molecule has 0 aliphatic heterocycles. The van der Waals surface area contributed by atoms with Gasteiger partial charge in [0.1, 0.15) is 5.69 Å². The van der Waals surface area contributed by atoms with Crippen molar-refractivity contribution in [1.82, 2.24) is 49.8 Å². The normalized spacial score (nSPS) is 10.9. The van der Waals surface area contributed by atoms with Crippen LogP contribution in [0.4, 0.5) is 11.5 Å². The number of aromatic nitrogens is 5. The lowest BCUT2D eigenvalue weighted by Crippen LogP contribution is -2.33. The molecular formula is C30H46N12O5. The van der Waals surface area contributed by atoms with E-state index >= 15 is 0 Å². The Kier molecular flexibility index (Phi) is 14.1. The van der Waals surface area contributed by atoms with Crippen LogP contribution in [0.2, 0.25) is 0 Å². The number of carbonyl (C=O) groups excluding carboxylic acids is 5. The standard InChI is InChI=1S/C30H46N12O5/c1-31-10-6-15-39(2)16-7-11-32-24(43)8-12-35-29(46)27-38-23(20-42(27)5)37-25(44)9-13-34-28(45)22-18-21(19-41(22)4)36-30(47)26-33-14-17-40(26)3/h14,17-20,31H,6-13,15-16H2,1-5H3,(H,32,43)(H,34,45)(H,35,46)(H,36,47)(H,37,44). The summed E-state index contributed by atoms with van der Waals surface area (Å²) in [6.07, 6.45) is 8.26. The number of carbonyl (C=O) groups is 5. The zero-order valence-corrected chi connectivity index (χ0v) is 27.7. The predicted molar refractivity (Wildman–Crippen MR) is 176 cm³/mol.